The Balaban J connectivity index is 1.96. The van der Waals surface area contributed by atoms with Crippen molar-refractivity contribution >= 4 is 24.2 Å². The van der Waals surface area contributed by atoms with Crippen LogP contribution in [0.1, 0.15) is 17.0 Å². The van der Waals surface area contributed by atoms with Crippen molar-refractivity contribution in [3.63, 3.8) is 0 Å². The molecule has 2 aromatic carbocycles. The highest BCUT2D eigenvalue weighted by Crippen LogP contribution is 2.42. The van der Waals surface area contributed by atoms with E-state index in [9.17, 15) is 22.4 Å². The fourth-order valence-electron chi connectivity index (χ4n) is 3.34. The Kier molecular flexibility index (Phi) is 4.88. The third-order valence-electron chi connectivity index (χ3n) is 4.62. The zero-order valence-electron chi connectivity index (χ0n) is 13.4. The first kappa shape index (κ1) is 18.6. The molecule has 1 amide bonds. The van der Waals surface area contributed by atoms with Gasteiger partial charge in [0.1, 0.15) is 5.82 Å². The number of para-hydroxylation sites is 1. The van der Waals surface area contributed by atoms with Gasteiger partial charge in [-0.05, 0) is 29.8 Å². The maximum Gasteiger partial charge on any atom is 0.416 e. The molecule has 0 bridgehead atoms. The molecule has 8 heteroatoms. The lowest BCUT2D eigenvalue weighted by atomic mass is 9.88. The van der Waals surface area contributed by atoms with Gasteiger partial charge in [-0.1, -0.05) is 24.3 Å². The van der Waals surface area contributed by atoms with E-state index in [4.69, 9.17) is 5.73 Å². The second kappa shape index (κ2) is 6.83. The SMILES string of the molecule is NC(=O)C1C(c2ccc(C(F)(F)F)cc2)CN(c2ccccc2F)C1S. The zero-order chi connectivity index (χ0) is 19.1. The number of thiol groups is 1. The van der Waals surface area contributed by atoms with Crippen LogP contribution in [-0.2, 0) is 11.0 Å². The topological polar surface area (TPSA) is 46.3 Å². The van der Waals surface area contributed by atoms with Gasteiger partial charge in [0.2, 0.25) is 5.91 Å². The summed E-state index contributed by atoms with van der Waals surface area (Å²) in [7, 11) is 0. The molecule has 3 atom stereocenters. The number of carbonyl (C=O) groups is 1. The summed E-state index contributed by atoms with van der Waals surface area (Å²) in [6.07, 6.45) is -4.44. The predicted octanol–water partition coefficient (Wildman–Crippen LogP) is 3.81. The van der Waals surface area contributed by atoms with E-state index in [2.05, 4.69) is 12.6 Å². The minimum absolute atomic E-state index is 0.216. The lowest BCUT2D eigenvalue weighted by molar-refractivity contribution is -0.137. The molecule has 1 aliphatic heterocycles. The highest BCUT2D eigenvalue weighted by Gasteiger charge is 2.45. The van der Waals surface area contributed by atoms with E-state index in [-0.39, 0.29) is 12.2 Å². The van der Waals surface area contributed by atoms with E-state index in [1.807, 2.05) is 0 Å². The van der Waals surface area contributed by atoms with Gasteiger partial charge < -0.3 is 10.6 Å². The van der Waals surface area contributed by atoms with E-state index >= 15 is 0 Å². The Morgan fingerprint density at radius 3 is 2.27 bits per heavy atom. The summed E-state index contributed by atoms with van der Waals surface area (Å²) in [5, 5.41) is -0.684. The van der Waals surface area contributed by atoms with Crippen molar-refractivity contribution < 1.29 is 22.4 Å². The molecule has 26 heavy (non-hydrogen) atoms. The summed E-state index contributed by atoms with van der Waals surface area (Å²) in [5.74, 6) is -2.36. The van der Waals surface area contributed by atoms with Gasteiger partial charge in [0.25, 0.3) is 0 Å². The molecule has 0 radical (unpaired) electrons. The molecule has 2 aromatic rings. The first-order valence-electron chi connectivity index (χ1n) is 7.86. The normalized spacial score (nSPS) is 23.3. The number of carbonyl (C=O) groups excluding carboxylic acids is 1. The molecule has 1 saturated heterocycles. The summed E-state index contributed by atoms with van der Waals surface area (Å²) < 4.78 is 52.4. The number of amides is 1. The van der Waals surface area contributed by atoms with Crippen LogP contribution in [-0.4, -0.2) is 17.8 Å². The highest BCUT2D eigenvalue weighted by atomic mass is 32.1. The van der Waals surface area contributed by atoms with Crippen molar-refractivity contribution in [1.82, 2.24) is 0 Å². The first-order valence-corrected chi connectivity index (χ1v) is 8.37. The Morgan fingerprint density at radius 2 is 1.73 bits per heavy atom. The van der Waals surface area contributed by atoms with Gasteiger partial charge in [-0.15, -0.1) is 0 Å². The highest BCUT2D eigenvalue weighted by molar-refractivity contribution is 7.81. The van der Waals surface area contributed by atoms with Gasteiger partial charge in [-0.25, -0.2) is 4.39 Å². The smallest absolute Gasteiger partial charge is 0.369 e. The zero-order valence-corrected chi connectivity index (χ0v) is 14.3. The lowest BCUT2D eigenvalue weighted by Crippen LogP contribution is -2.35. The Hall–Kier alpha value is -2.22. The standard InChI is InChI=1S/C18H16F4N2OS/c19-13-3-1-2-4-14(13)24-9-12(15(16(23)25)17(24)26)10-5-7-11(8-6-10)18(20,21)22/h1-8,12,15,17,26H,9H2,(H2,23,25). The summed E-state index contributed by atoms with van der Waals surface area (Å²) in [6, 6.07) is 10.6. The summed E-state index contributed by atoms with van der Waals surface area (Å²) in [4.78, 5) is 13.6. The van der Waals surface area contributed by atoms with Crippen LogP contribution in [0.3, 0.4) is 0 Å². The van der Waals surface area contributed by atoms with E-state index < -0.39 is 40.7 Å². The maximum absolute atomic E-state index is 14.1. The number of halogens is 4. The molecule has 1 fully saturated rings. The second-order valence-electron chi connectivity index (χ2n) is 6.17. The molecule has 2 N–H and O–H groups in total. The Labute approximate surface area is 153 Å². The van der Waals surface area contributed by atoms with Crippen LogP contribution in [0.15, 0.2) is 48.5 Å². The van der Waals surface area contributed by atoms with Gasteiger partial charge in [-0.3, -0.25) is 4.79 Å². The lowest BCUT2D eigenvalue weighted by Gasteiger charge is -2.25. The number of rotatable bonds is 3. The minimum Gasteiger partial charge on any atom is -0.369 e. The van der Waals surface area contributed by atoms with Crippen molar-refractivity contribution in [3.8, 4) is 0 Å². The van der Waals surface area contributed by atoms with Crippen molar-refractivity contribution in [2.45, 2.75) is 17.5 Å². The average molecular weight is 384 g/mol. The van der Waals surface area contributed by atoms with Crippen molar-refractivity contribution in [2.24, 2.45) is 11.7 Å². The fraction of sp³-hybridized carbons (Fsp3) is 0.278. The quantitative estimate of drug-likeness (QED) is 0.625. The first-order chi connectivity index (χ1) is 12.2. The van der Waals surface area contributed by atoms with Crippen LogP contribution in [0.2, 0.25) is 0 Å². The molecule has 3 unspecified atom stereocenters. The molecule has 0 aliphatic carbocycles. The summed E-state index contributed by atoms with van der Waals surface area (Å²) in [6.45, 7) is 0.216. The fourth-order valence-corrected chi connectivity index (χ4v) is 3.91. The van der Waals surface area contributed by atoms with Crippen LogP contribution in [0.5, 0.6) is 0 Å². The Bertz CT molecular complexity index is 810. The van der Waals surface area contributed by atoms with E-state index in [0.29, 0.717) is 5.56 Å². The molecular weight excluding hydrogens is 368 g/mol. The number of anilines is 1. The molecular formula is C18H16F4N2OS. The van der Waals surface area contributed by atoms with Crippen LogP contribution >= 0.6 is 12.6 Å². The van der Waals surface area contributed by atoms with Crippen LogP contribution in [0.25, 0.3) is 0 Å². The van der Waals surface area contributed by atoms with Crippen molar-refractivity contribution in [3.05, 3.63) is 65.5 Å². The number of nitrogens with zero attached hydrogens (tertiary/aromatic N) is 1. The molecule has 0 saturated carbocycles. The monoisotopic (exact) mass is 384 g/mol. The van der Waals surface area contributed by atoms with Gasteiger partial charge in [-0.2, -0.15) is 25.8 Å². The van der Waals surface area contributed by atoms with Gasteiger partial charge >= 0.3 is 6.18 Å². The molecule has 0 spiro atoms. The number of primary amides is 1. The third-order valence-corrected chi connectivity index (χ3v) is 5.22. The average Bonchev–Trinajstić information content (AvgIpc) is 2.92. The summed E-state index contributed by atoms with van der Waals surface area (Å²) in [5.41, 5.74) is 5.53. The number of nitrogens with two attached hydrogens (primary N) is 1. The van der Waals surface area contributed by atoms with Crippen molar-refractivity contribution in [2.75, 3.05) is 11.4 Å². The molecule has 3 rings (SSSR count). The number of hydrogen-bond acceptors (Lipinski definition) is 3. The van der Waals surface area contributed by atoms with Crippen molar-refractivity contribution in [1.29, 1.82) is 0 Å². The molecule has 0 aromatic heterocycles. The third kappa shape index (κ3) is 3.38. The second-order valence-corrected chi connectivity index (χ2v) is 6.70. The van der Waals surface area contributed by atoms with Crippen LogP contribution in [0, 0.1) is 11.7 Å². The number of alkyl halides is 3. The molecule has 1 aliphatic rings. The van der Waals surface area contributed by atoms with Gasteiger partial charge in [0, 0.05) is 12.5 Å². The van der Waals surface area contributed by atoms with Gasteiger partial charge in [0.05, 0.1) is 22.5 Å². The maximum atomic E-state index is 14.1. The summed E-state index contributed by atoms with van der Waals surface area (Å²) >= 11 is 4.43. The van der Waals surface area contributed by atoms with Crippen LogP contribution in [0.4, 0.5) is 23.2 Å². The van der Waals surface area contributed by atoms with E-state index in [1.165, 1.54) is 18.2 Å². The molecule has 3 nitrogen and oxygen atoms in total. The van der Waals surface area contributed by atoms with E-state index in [0.717, 1.165) is 12.1 Å². The molecule has 1 heterocycles. The van der Waals surface area contributed by atoms with Crippen LogP contribution < -0.4 is 10.6 Å². The van der Waals surface area contributed by atoms with Gasteiger partial charge in [0.15, 0.2) is 0 Å². The Morgan fingerprint density at radius 1 is 1.12 bits per heavy atom. The predicted molar refractivity (Wildman–Crippen MR) is 93.4 cm³/mol. The number of benzene rings is 2. The van der Waals surface area contributed by atoms with E-state index in [1.54, 1.807) is 23.1 Å². The largest absolute Gasteiger partial charge is 0.416 e. The minimum atomic E-state index is -4.44. The number of hydrogen-bond donors (Lipinski definition) is 2. The molecule has 138 valence electrons.